The second kappa shape index (κ2) is 5.91. The van der Waals surface area contributed by atoms with Crippen LogP contribution in [0.4, 0.5) is 4.79 Å². The number of aryl methyl sites for hydroxylation is 1. The first-order valence-electron chi connectivity index (χ1n) is 7.12. The van der Waals surface area contributed by atoms with E-state index < -0.39 is 0 Å². The average molecular weight is 323 g/mol. The van der Waals surface area contributed by atoms with Gasteiger partial charge in [-0.05, 0) is 13.8 Å². The average Bonchev–Trinajstić information content (AvgIpc) is 3.04. The van der Waals surface area contributed by atoms with Crippen LogP contribution in [0.15, 0.2) is 6.20 Å². The highest BCUT2D eigenvalue weighted by molar-refractivity contribution is 7.16. The van der Waals surface area contributed by atoms with Gasteiger partial charge in [0.2, 0.25) is 4.96 Å². The van der Waals surface area contributed by atoms with E-state index in [1.54, 1.807) is 27.4 Å². The van der Waals surface area contributed by atoms with Gasteiger partial charge in [-0.25, -0.2) is 14.3 Å². The van der Waals surface area contributed by atoms with Crippen molar-refractivity contribution in [1.29, 1.82) is 0 Å². The smallest absolute Gasteiger partial charge is 0.409 e. The van der Waals surface area contributed by atoms with Crippen LogP contribution in [0.25, 0.3) is 4.96 Å². The molecule has 0 radical (unpaired) electrons. The van der Waals surface area contributed by atoms with Gasteiger partial charge in [-0.15, -0.1) is 0 Å². The number of carbonyl (C=O) groups excluding carboxylic acids is 2. The summed E-state index contributed by atoms with van der Waals surface area (Å²) >= 11 is 1.45. The van der Waals surface area contributed by atoms with Crippen molar-refractivity contribution < 1.29 is 14.3 Å². The Balaban J connectivity index is 1.64. The Morgan fingerprint density at radius 1 is 1.27 bits per heavy atom. The van der Waals surface area contributed by atoms with E-state index in [1.807, 2.05) is 6.92 Å². The molecule has 0 aliphatic carbocycles. The zero-order chi connectivity index (χ0) is 15.7. The van der Waals surface area contributed by atoms with E-state index in [-0.39, 0.29) is 12.0 Å². The number of imidazole rings is 1. The Morgan fingerprint density at radius 3 is 2.59 bits per heavy atom. The van der Waals surface area contributed by atoms with Crippen molar-refractivity contribution in [2.24, 2.45) is 0 Å². The molecule has 0 bridgehead atoms. The first-order chi connectivity index (χ1) is 10.6. The molecule has 0 atom stereocenters. The standard InChI is InChI=1S/C13H17N5O3S/c1-3-21-13(20)17-6-4-16(5-7-17)11(19)10-8-18-12(14-10)22-9(2)15-18/h8H,3-7H2,1-2H3. The van der Waals surface area contributed by atoms with E-state index in [2.05, 4.69) is 10.1 Å². The number of amides is 2. The molecule has 1 aliphatic rings. The lowest BCUT2D eigenvalue weighted by molar-refractivity contribution is 0.0566. The highest BCUT2D eigenvalue weighted by atomic mass is 32.1. The molecule has 2 amide bonds. The van der Waals surface area contributed by atoms with Crippen LogP contribution < -0.4 is 0 Å². The summed E-state index contributed by atoms with van der Waals surface area (Å²) in [5, 5.41) is 5.16. The van der Waals surface area contributed by atoms with Crippen LogP contribution in [0.2, 0.25) is 0 Å². The maximum Gasteiger partial charge on any atom is 0.409 e. The third-order valence-corrected chi connectivity index (χ3v) is 4.29. The fraction of sp³-hybridized carbons (Fsp3) is 0.538. The molecule has 0 saturated carbocycles. The summed E-state index contributed by atoms with van der Waals surface area (Å²) in [6.07, 6.45) is 1.33. The molecule has 22 heavy (non-hydrogen) atoms. The maximum atomic E-state index is 12.4. The van der Waals surface area contributed by atoms with Crippen LogP contribution >= 0.6 is 11.3 Å². The molecule has 0 N–H and O–H groups in total. The van der Waals surface area contributed by atoms with Gasteiger partial charge in [0.25, 0.3) is 5.91 Å². The molecule has 1 saturated heterocycles. The van der Waals surface area contributed by atoms with Crippen LogP contribution in [-0.2, 0) is 4.74 Å². The van der Waals surface area contributed by atoms with Crippen LogP contribution in [-0.4, -0.2) is 69.2 Å². The summed E-state index contributed by atoms with van der Waals surface area (Å²) in [4.78, 5) is 32.4. The molecule has 3 rings (SSSR count). The number of aromatic nitrogens is 3. The van der Waals surface area contributed by atoms with Crippen molar-refractivity contribution in [3.63, 3.8) is 0 Å². The summed E-state index contributed by atoms with van der Waals surface area (Å²) in [6.45, 7) is 5.95. The number of piperazine rings is 1. The molecule has 118 valence electrons. The number of rotatable bonds is 2. The highest BCUT2D eigenvalue weighted by Crippen LogP contribution is 2.15. The molecular weight excluding hydrogens is 306 g/mol. The molecule has 1 fully saturated rings. The van der Waals surface area contributed by atoms with Gasteiger partial charge in [0, 0.05) is 26.2 Å². The maximum absolute atomic E-state index is 12.4. The second-order valence-corrected chi connectivity index (χ2v) is 6.11. The number of ether oxygens (including phenoxy) is 1. The predicted molar refractivity (Wildman–Crippen MR) is 80.1 cm³/mol. The van der Waals surface area contributed by atoms with Gasteiger partial charge in [0.1, 0.15) is 10.7 Å². The number of fused-ring (bicyclic) bond motifs is 1. The Labute approximate surface area is 131 Å². The lowest BCUT2D eigenvalue weighted by atomic mass is 10.3. The Hall–Kier alpha value is -2.16. The third-order valence-electron chi connectivity index (χ3n) is 3.46. The lowest BCUT2D eigenvalue weighted by Crippen LogP contribution is -2.50. The predicted octanol–water partition coefficient (Wildman–Crippen LogP) is 1.01. The summed E-state index contributed by atoms with van der Waals surface area (Å²) < 4.78 is 6.59. The normalized spacial score (nSPS) is 15.4. The molecular formula is C13H17N5O3S. The van der Waals surface area contributed by atoms with Crippen molar-refractivity contribution in [3.05, 3.63) is 16.9 Å². The molecule has 8 nitrogen and oxygen atoms in total. The van der Waals surface area contributed by atoms with Crippen molar-refractivity contribution in [3.8, 4) is 0 Å². The molecule has 0 aromatic carbocycles. The molecule has 2 aromatic rings. The first kappa shape index (κ1) is 14.8. The number of hydrogen-bond acceptors (Lipinski definition) is 6. The van der Waals surface area contributed by atoms with Crippen molar-refractivity contribution in [2.75, 3.05) is 32.8 Å². The number of hydrogen-bond donors (Lipinski definition) is 0. The Kier molecular flexibility index (Phi) is 3.97. The van der Waals surface area contributed by atoms with Crippen LogP contribution in [0.3, 0.4) is 0 Å². The number of nitrogens with zero attached hydrogens (tertiary/aromatic N) is 5. The van der Waals surface area contributed by atoms with E-state index in [9.17, 15) is 9.59 Å². The van der Waals surface area contributed by atoms with Gasteiger partial charge in [-0.3, -0.25) is 4.79 Å². The minimum absolute atomic E-state index is 0.126. The first-order valence-corrected chi connectivity index (χ1v) is 7.94. The lowest BCUT2D eigenvalue weighted by Gasteiger charge is -2.33. The molecule has 3 heterocycles. The second-order valence-electron chi connectivity index (χ2n) is 4.95. The van der Waals surface area contributed by atoms with Gasteiger partial charge < -0.3 is 14.5 Å². The molecule has 0 spiro atoms. The summed E-state index contributed by atoms with van der Waals surface area (Å²) in [7, 11) is 0. The Morgan fingerprint density at radius 2 is 1.95 bits per heavy atom. The van der Waals surface area contributed by atoms with Gasteiger partial charge >= 0.3 is 6.09 Å². The minimum atomic E-state index is -0.322. The molecule has 1 aliphatic heterocycles. The number of carbonyl (C=O) groups is 2. The van der Waals surface area contributed by atoms with Gasteiger partial charge in [-0.1, -0.05) is 11.3 Å². The zero-order valence-electron chi connectivity index (χ0n) is 12.5. The highest BCUT2D eigenvalue weighted by Gasteiger charge is 2.27. The summed E-state index contributed by atoms with van der Waals surface area (Å²) in [5.41, 5.74) is 0.392. The zero-order valence-corrected chi connectivity index (χ0v) is 13.3. The van der Waals surface area contributed by atoms with Crippen LogP contribution in [0, 0.1) is 6.92 Å². The molecule has 2 aromatic heterocycles. The van der Waals surface area contributed by atoms with Gasteiger partial charge in [-0.2, -0.15) is 5.10 Å². The van der Waals surface area contributed by atoms with Crippen LogP contribution in [0.5, 0.6) is 0 Å². The van der Waals surface area contributed by atoms with Gasteiger partial charge in [0.15, 0.2) is 0 Å². The minimum Gasteiger partial charge on any atom is -0.450 e. The van der Waals surface area contributed by atoms with E-state index in [4.69, 9.17) is 4.74 Å². The van der Waals surface area contributed by atoms with Crippen molar-refractivity contribution in [2.45, 2.75) is 13.8 Å². The monoisotopic (exact) mass is 323 g/mol. The fourth-order valence-corrected chi connectivity index (χ4v) is 3.10. The van der Waals surface area contributed by atoms with Gasteiger partial charge in [0.05, 0.1) is 12.8 Å². The third kappa shape index (κ3) is 2.76. The Bertz CT molecular complexity index is 670. The van der Waals surface area contributed by atoms with Crippen molar-refractivity contribution in [1.82, 2.24) is 24.4 Å². The quantitative estimate of drug-likeness (QED) is 0.824. The van der Waals surface area contributed by atoms with Crippen LogP contribution in [0.1, 0.15) is 22.4 Å². The van der Waals surface area contributed by atoms with Crippen molar-refractivity contribution >= 4 is 28.3 Å². The SMILES string of the molecule is CCOC(=O)N1CCN(C(=O)c2cn3nc(C)sc3n2)CC1. The van der Waals surface area contributed by atoms with E-state index in [0.29, 0.717) is 43.4 Å². The fourth-order valence-electron chi connectivity index (χ4n) is 2.37. The molecule has 9 heteroatoms. The van der Waals surface area contributed by atoms with E-state index in [1.165, 1.54) is 11.3 Å². The molecule has 0 unspecified atom stereocenters. The summed E-state index contributed by atoms with van der Waals surface area (Å²) in [5.74, 6) is -0.126. The van der Waals surface area contributed by atoms with E-state index >= 15 is 0 Å². The largest absolute Gasteiger partial charge is 0.450 e. The summed E-state index contributed by atoms with van der Waals surface area (Å²) in [6, 6.07) is 0. The van der Waals surface area contributed by atoms with E-state index in [0.717, 1.165) is 5.01 Å². The topological polar surface area (TPSA) is 80.0 Å².